The molecule has 2 aromatic carbocycles. The van der Waals surface area contributed by atoms with Crippen LogP contribution in [0.5, 0.6) is 0 Å². The molecule has 20 heavy (non-hydrogen) atoms. The van der Waals surface area contributed by atoms with Gasteiger partial charge in [-0.25, -0.2) is 4.39 Å². The molecule has 0 heterocycles. The summed E-state index contributed by atoms with van der Waals surface area (Å²) in [5.41, 5.74) is 5.67. The van der Waals surface area contributed by atoms with Crippen LogP contribution in [0.3, 0.4) is 0 Å². The highest BCUT2D eigenvalue weighted by Crippen LogP contribution is 2.21. The number of hydrogen-bond acceptors (Lipinski definition) is 2. The van der Waals surface area contributed by atoms with Crippen molar-refractivity contribution in [3.05, 3.63) is 71.0 Å². The molecular weight excluding hydrogens is 251 g/mol. The van der Waals surface area contributed by atoms with Crippen LogP contribution in [0.2, 0.25) is 0 Å². The van der Waals surface area contributed by atoms with Gasteiger partial charge in [0, 0.05) is 6.04 Å². The predicted octanol–water partition coefficient (Wildman–Crippen LogP) is 3.66. The molecule has 0 amide bonds. The summed E-state index contributed by atoms with van der Waals surface area (Å²) >= 11 is 0. The van der Waals surface area contributed by atoms with E-state index in [0.717, 1.165) is 24.8 Å². The first kappa shape index (κ1) is 14.7. The zero-order chi connectivity index (χ0) is 14.4. The van der Waals surface area contributed by atoms with Crippen molar-refractivity contribution < 1.29 is 4.39 Å². The Hall–Kier alpha value is -1.71. The second-order valence-electron chi connectivity index (χ2n) is 5.11. The molecule has 0 aliphatic rings. The molecule has 0 fully saturated rings. The van der Waals surface area contributed by atoms with Crippen molar-refractivity contribution in [2.45, 2.75) is 32.2 Å². The lowest BCUT2D eigenvalue weighted by Gasteiger charge is -2.17. The first-order valence-corrected chi connectivity index (χ1v) is 6.97. The van der Waals surface area contributed by atoms with Gasteiger partial charge in [0.25, 0.3) is 0 Å². The molecule has 3 heteroatoms. The molecule has 2 aromatic rings. The molecule has 2 nitrogen and oxygen atoms in total. The standard InChI is InChI=1S/C17H21FN2/c1-13-10-11-15(12-16(13)18)17(20-19)9-5-8-14-6-3-2-4-7-14/h2-4,6-7,10-12,17,20H,5,8-9,19H2,1H3. The highest BCUT2D eigenvalue weighted by atomic mass is 19.1. The number of nitrogens with one attached hydrogen (secondary N) is 1. The van der Waals surface area contributed by atoms with Crippen molar-refractivity contribution in [2.75, 3.05) is 0 Å². The van der Waals surface area contributed by atoms with Gasteiger partial charge in [0.2, 0.25) is 0 Å². The summed E-state index contributed by atoms with van der Waals surface area (Å²) in [6.07, 6.45) is 2.90. The Morgan fingerprint density at radius 1 is 1.15 bits per heavy atom. The Morgan fingerprint density at radius 2 is 1.90 bits per heavy atom. The minimum absolute atomic E-state index is 0.00573. The summed E-state index contributed by atoms with van der Waals surface area (Å²) in [6.45, 7) is 1.76. The smallest absolute Gasteiger partial charge is 0.126 e. The largest absolute Gasteiger partial charge is 0.271 e. The average Bonchev–Trinajstić information content (AvgIpc) is 2.48. The van der Waals surface area contributed by atoms with Crippen molar-refractivity contribution >= 4 is 0 Å². The fraction of sp³-hybridized carbons (Fsp3) is 0.294. The molecule has 0 aliphatic carbocycles. The van der Waals surface area contributed by atoms with E-state index in [9.17, 15) is 4.39 Å². The summed E-state index contributed by atoms with van der Waals surface area (Å²) in [4.78, 5) is 0. The van der Waals surface area contributed by atoms with Crippen molar-refractivity contribution in [3.8, 4) is 0 Å². The summed E-state index contributed by atoms with van der Waals surface area (Å²) in [6, 6.07) is 15.6. The van der Waals surface area contributed by atoms with Crippen LogP contribution in [-0.4, -0.2) is 0 Å². The molecule has 2 rings (SSSR count). The molecular formula is C17H21FN2. The number of halogens is 1. The monoisotopic (exact) mass is 272 g/mol. The third kappa shape index (κ3) is 3.89. The molecule has 106 valence electrons. The van der Waals surface area contributed by atoms with Gasteiger partial charge in [-0.05, 0) is 48.9 Å². The molecule has 1 unspecified atom stereocenters. The molecule has 0 saturated carbocycles. The molecule has 3 N–H and O–H groups in total. The van der Waals surface area contributed by atoms with Crippen molar-refractivity contribution in [3.63, 3.8) is 0 Å². The number of hydrazine groups is 1. The van der Waals surface area contributed by atoms with Crippen LogP contribution < -0.4 is 11.3 Å². The minimum Gasteiger partial charge on any atom is -0.271 e. The molecule has 0 radical (unpaired) electrons. The Kier molecular flexibility index (Phi) is 5.27. The van der Waals surface area contributed by atoms with Crippen molar-refractivity contribution in [2.24, 2.45) is 5.84 Å². The van der Waals surface area contributed by atoms with Gasteiger partial charge in [-0.1, -0.05) is 42.5 Å². The van der Waals surface area contributed by atoms with Gasteiger partial charge in [0.1, 0.15) is 5.82 Å². The summed E-state index contributed by atoms with van der Waals surface area (Å²) in [7, 11) is 0. The zero-order valence-electron chi connectivity index (χ0n) is 11.8. The van der Waals surface area contributed by atoms with E-state index < -0.39 is 0 Å². The van der Waals surface area contributed by atoms with Crippen LogP contribution >= 0.6 is 0 Å². The normalized spacial score (nSPS) is 12.3. The Labute approximate surface area is 119 Å². The Balaban J connectivity index is 1.93. The molecule has 1 atom stereocenters. The van der Waals surface area contributed by atoms with E-state index >= 15 is 0 Å². The SMILES string of the molecule is Cc1ccc(C(CCCc2ccccc2)NN)cc1F. The summed E-state index contributed by atoms with van der Waals surface area (Å²) in [5.74, 6) is 5.42. The molecule has 0 bridgehead atoms. The quantitative estimate of drug-likeness (QED) is 0.622. The maximum absolute atomic E-state index is 13.6. The second kappa shape index (κ2) is 7.17. The number of aryl methyl sites for hydroxylation is 2. The lowest BCUT2D eigenvalue weighted by Crippen LogP contribution is -2.28. The van der Waals surface area contributed by atoms with Crippen LogP contribution in [0.15, 0.2) is 48.5 Å². The van der Waals surface area contributed by atoms with Crippen LogP contribution in [-0.2, 0) is 6.42 Å². The predicted molar refractivity (Wildman–Crippen MR) is 80.6 cm³/mol. The van der Waals surface area contributed by atoms with Gasteiger partial charge in [-0.3, -0.25) is 11.3 Å². The van der Waals surface area contributed by atoms with Gasteiger partial charge in [-0.15, -0.1) is 0 Å². The van der Waals surface area contributed by atoms with Crippen LogP contribution in [0.25, 0.3) is 0 Å². The molecule has 0 aliphatic heterocycles. The van der Waals surface area contributed by atoms with Crippen LogP contribution in [0, 0.1) is 12.7 Å². The van der Waals surface area contributed by atoms with Gasteiger partial charge in [-0.2, -0.15) is 0 Å². The first-order chi connectivity index (χ1) is 9.70. The van der Waals surface area contributed by atoms with E-state index in [1.165, 1.54) is 5.56 Å². The third-order valence-electron chi connectivity index (χ3n) is 3.60. The fourth-order valence-corrected chi connectivity index (χ4v) is 2.33. The third-order valence-corrected chi connectivity index (χ3v) is 3.60. The van der Waals surface area contributed by atoms with E-state index in [4.69, 9.17) is 5.84 Å². The lowest BCUT2D eigenvalue weighted by atomic mass is 9.98. The average molecular weight is 272 g/mol. The maximum Gasteiger partial charge on any atom is 0.126 e. The van der Waals surface area contributed by atoms with E-state index in [1.807, 2.05) is 24.3 Å². The van der Waals surface area contributed by atoms with Crippen molar-refractivity contribution in [1.82, 2.24) is 5.43 Å². The number of nitrogens with two attached hydrogens (primary N) is 1. The Morgan fingerprint density at radius 3 is 2.55 bits per heavy atom. The highest BCUT2D eigenvalue weighted by molar-refractivity contribution is 5.25. The number of rotatable bonds is 6. The van der Waals surface area contributed by atoms with Crippen LogP contribution in [0.4, 0.5) is 4.39 Å². The van der Waals surface area contributed by atoms with Gasteiger partial charge < -0.3 is 0 Å². The number of hydrogen-bond donors (Lipinski definition) is 2. The fourth-order valence-electron chi connectivity index (χ4n) is 2.33. The van der Waals surface area contributed by atoms with E-state index in [1.54, 1.807) is 19.1 Å². The number of benzene rings is 2. The van der Waals surface area contributed by atoms with E-state index in [0.29, 0.717) is 5.56 Å². The Bertz CT molecular complexity index is 540. The lowest BCUT2D eigenvalue weighted by molar-refractivity contribution is 0.494. The molecule has 0 saturated heterocycles. The second-order valence-corrected chi connectivity index (χ2v) is 5.11. The summed E-state index contributed by atoms with van der Waals surface area (Å²) < 4.78 is 13.6. The summed E-state index contributed by atoms with van der Waals surface area (Å²) in [5, 5.41) is 0. The topological polar surface area (TPSA) is 38.0 Å². The first-order valence-electron chi connectivity index (χ1n) is 6.97. The molecule has 0 spiro atoms. The molecule has 0 aromatic heterocycles. The van der Waals surface area contributed by atoms with Crippen molar-refractivity contribution in [1.29, 1.82) is 0 Å². The van der Waals surface area contributed by atoms with Gasteiger partial charge in [0.05, 0.1) is 0 Å². The van der Waals surface area contributed by atoms with Gasteiger partial charge in [0.15, 0.2) is 0 Å². The van der Waals surface area contributed by atoms with Gasteiger partial charge >= 0.3 is 0 Å². The highest BCUT2D eigenvalue weighted by Gasteiger charge is 2.11. The maximum atomic E-state index is 13.6. The minimum atomic E-state index is -0.175. The van der Waals surface area contributed by atoms with E-state index in [-0.39, 0.29) is 11.9 Å². The van der Waals surface area contributed by atoms with Crippen LogP contribution in [0.1, 0.15) is 35.6 Å². The van der Waals surface area contributed by atoms with E-state index in [2.05, 4.69) is 17.6 Å². The zero-order valence-corrected chi connectivity index (χ0v) is 11.8.